The minimum Gasteiger partial charge on any atom is -0.386 e. The van der Waals surface area contributed by atoms with Crippen molar-refractivity contribution in [1.29, 1.82) is 0 Å². The van der Waals surface area contributed by atoms with Crippen LogP contribution in [0.25, 0.3) is 0 Å². The van der Waals surface area contributed by atoms with Crippen LogP contribution in [-0.4, -0.2) is 36.6 Å². The zero-order valence-electron chi connectivity index (χ0n) is 20.8. The number of hydrogen-bond donors (Lipinski definition) is 2. The normalized spacial score (nSPS) is 19.2. The van der Waals surface area contributed by atoms with Gasteiger partial charge in [-0.15, -0.1) is 0 Å². The molecule has 0 aliphatic carbocycles. The van der Waals surface area contributed by atoms with Gasteiger partial charge in [0.2, 0.25) is 0 Å². The number of carbonyl (C=O) groups excluding carboxylic acids is 1. The average molecular weight is 452 g/mol. The number of fused-ring (bicyclic) bond motifs is 1. The summed E-state index contributed by atoms with van der Waals surface area (Å²) in [6.07, 6.45) is 5.79. The summed E-state index contributed by atoms with van der Waals surface area (Å²) in [7, 11) is 0. The maximum absolute atomic E-state index is 13.1. The van der Waals surface area contributed by atoms with Gasteiger partial charge in [-0.05, 0) is 55.7 Å². The van der Waals surface area contributed by atoms with Gasteiger partial charge in [-0.1, -0.05) is 52.6 Å². The Morgan fingerprint density at radius 3 is 2.70 bits per heavy atom. The monoisotopic (exact) mass is 451 g/mol. The Kier molecular flexibility index (Phi) is 8.41. The van der Waals surface area contributed by atoms with E-state index in [4.69, 9.17) is 4.74 Å². The zero-order valence-corrected chi connectivity index (χ0v) is 20.8. The van der Waals surface area contributed by atoms with E-state index in [-0.39, 0.29) is 17.4 Å². The molecule has 0 saturated carbocycles. The lowest BCUT2D eigenvalue weighted by molar-refractivity contribution is 0.0759. The van der Waals surface area contributed by atoms with Gasteiger partial charge in [0.25, 0.3) is 5.91 Å². The van der Waals surface area contributed by atoms with E-state index < -0.39 is 0 Å². The van der Waals surface area contributed by atoms with Crippen LogP contribution in [0.3, 0.4) is 0 Å². The number of nitrogens with one attached hydrogen (secondary N) is 2. The highest BCUT2D eigenvalue weighted by atomic mass is 16.5. The van der Waals surface area contributed by atoms with Crippen molar-refractivity contribution in [2.45, 2.75) is 71.9 Å². The fourth-order valence-corrected chi connectivity index (χ4v) is 4.59. The van der Waals surface area contributed by atoms with E-state index in [1.165, 1.54) is 5.56 Å². The Hall–Kier alpha value is -2.53. The quantitative estimate of drug-likeness (QED) is 0.427. The second-order valence-corrected chi connectivity index (χ2v) is 9.74. The summed E-state index contributed by atoms with van der Waals surface area (Å²) in [5.41, 5.74) is 5.75. The first kappa shape index (κ1) is 25.1. The van der Waals surface area contributed by atoms with E-state index in [2.05, 4.69) is 69.3 Å². The Bertz CT molecular complexity index is 900. The lowest BCUT2D eigenvalue weighted by atomic mass is 9.79. The Morgan fingerprint density at radius 1 is 1.24 bits per heavy atom. The molecule has 2 atom stereocenters. The number of nitrogens with zero attached hydrogens (tertiary/aromatic N) is 1. The predicted octanol–water partition coefficient (Wildman–Crippen LogP) is 5.30. The number of ether oxygens (including phenoxy) is 1. The third kappa shape index (κ3) is 6.29. The van der Waals surface area contributed by atoms with Crippen LogP contribution in [0.15, 0.2) is 55.0 Å². The summed E-state index contributed by atoms with van der Waals surface area (Å²) < 4.78 is 5.73. The minimum atomic E-state index is -0.275. The van der Waals surface area contributed by atoms with Gasteiger partial charge in [-0.25, -0.2) is 0 Å². The van der Waals surface area contributed by atoms with E-state index in [0.29, 0.717) is 13.1 Å². The maximum Gasteiger partial charge on any atom is 0.254 e. The predicted molar refractivity (Wildman–Crippen MR) is 136 cm³/mol. The van der Waals surface area contributed by atoms with Crippen LogP contribution < -0.4 is 10.6 Å². The standard InChI is InChI=1S/C28H41N3O2/c1-7-20(3)30-22(5)28(6,17-21(4)29-18-25-10-9-15-33-25)13-14-31-19-24-12-11-23(8-2)16-26(24)27(31)32/h11-12,16,25,29-30H,3-5,7-10,13-15,17-19H2,1-2,6H3. The molecule has 2 aliphatic rings. The lowest BCUT2D eigenvalue weighted by Crippen LogP contribution is -2.36. The molecule has 2 N–H and O–H groups in total. The van der Waals surface area contributed by atoms with Crippen LogP contribution in [0.1, 0.15) is 74.4 Å². The zero-order chi connectivity index (χ0) is 24.0. The number of rotatable bonds is 13. The minimum absolute atomic E-state index is 0.134. The first-order valence-electron chi connectivity index (χ1n) is 12.3. The molecule has 33 heavy (non-hydrogen) atoms. The molecule has 1 aromatic carbocycles. The lowest BCUT2D eigenvalue weighted by Gasteiger charge is -2.35. The summed E-state index contributed by atoms with van der Waals surface area (Å²) in [4.78, 5) is 15.0. The molecule has 1 amide bonds. The summed E-state index contributed by atoms with van der Waals surface area (Å²) in [5, 5.41) is 6.88. The van der Waals surface area contributed by atoms with E-state index >= 15 is 0 Å². The van der Waals surface area contributed by atoms with Crippen LogP contribution in [0.5, 0.6) is 0 Å². The Morgan fingerprint density at radius 2 is 2.03 bits per heavy atom. The van der Waals surface area contributed by atoms with Gasteiger partial charge in [-0.3, -0.25) is 4.79 Å². The molecule has 0 aromatic heterocycles. The molecule has 3 rings (SSSR count). The molecule has 2 unspecified atom stereocenters. The van der Waals surface area contributed by atoms with Crippen LogP contribution in [-0.2, 0) is 17.7 Å². The third-order valence-electron chi connectivity index (χ3n) is 7.09. The number of aryl methyl sites for hydroxylation is 1. The van der Waals surface area contributed by atoms with Gasteiger partial charge < -0.3 is 20.3 Å². The summed E-state index contributed by atoms with van der Waals surface area (Å²) in [6, 6.07) is 6.29. The molecule has 1 fully saturated rings. The molecule has 1 aromatic rings. The second kappa shape index (κ2) is 11.1. The molecule has 2 heterocycles. The van der Waals surface area contributed by atoms with Gasteiger partial charge in [-0.2, -0.15) is 0 Å². The van der Waals surface area contributed by atoms with E-state index in [1.54, 1.807) is 0 Å². The number of hydrogen-bond acceptors (Lipinski definition) is 4. The molecule has 5 heteroatoms. The number of amides is 1. The van der Waals surface area contributed by atoms with Gasteiger partial charge in [0.15, 0.2) is 0 Å². The molecule has 0 radical (unpaired) electrons. The van der Waals surface area contributed by atoms with Crippen LogP contribution in [0.4, 0.5) is 0 Å². The van der Waals surface area contributed by atoms with Crippen LogP contribution in [0, 0.1) is 5.41 Å². The van der Waals surface area contributed by atoms with Crippen molar-refractivity contribution in [2.24, 2.45) is 5.41 Å². The van der Waals surface area contributed by atoms with E-state index in [9.17, 15) is 4.79 Å². The van der Waals surface area contributed by atoms with Crippen molar-refractivity contribution in [3.05, 3.63) is 71.7 Å². The first-order valence-corrected chi connectivity index (χ1v) is 12.3. The van der Waals surface area contributed by atoms with Gasteiger partial charge in [0, 0.05) is 54.3 Å². The highest BCUT2D eigenvalue weighted by Crippen LogP contribution is 2.37. The third-order valence-corrected chi connectivity index (χ3v) is 7.09. The summed E-state index contributed by atoms with van der Waals surface area (Å²) >= 11 is 0. The van der Waals surface area contributed by atoms with Crippen molar-refractivity contribution in [3.8, 4) is 0 Å². The number of allylic oxidation sites excluding steroid dienone is 3. The van der Waals surface area contributed by atoms with Crippen molar-refractivity contribution in [2.75, 3.05) is 19.7 Å². The Balaban J connectivity index is 1.65. The van der Waals surface area contributed by atoms with Crippen LogP contribution in [0.2, 0.25) is 0 Å². The smallest absolute Gasteiger partial charge is 0.254 e. The van der Waals surface area contributed by atoms with Crippen molar-refractivity contribution >= 4 is 5.91 Å². The summed E-state index contributed by atoms with van der Waals surface area (Å²) in [5.74, 6) is 0.134. The van der Waals surface area contributed by atoms with Crippen molar-refractivity contribution in [3.63, 3.8) is 0 Å². The van der Waals surface area contributed by atoms with Gasteiger partial charge in [0.1, 0.15) is 0 Å². The topological polar surface area (TPSA) is 53.6 Å². The molecule has 0 spiro atoms. The molecular formula is C28H41N3O2. The van der Waals surface area contributed by atoms with Crippen molar-refractivity contribution < 1.29 is 9.53 Å². The first-order chi connectivity index (χ1) is 15.8. The molecule has 1 saturated heterocycles. The second-order valence-electron chi connectivity index (χ2n) is 9.74. The molecule has 5 nitrogen and oxygen atoms in total. The van der Waals surface area contributed by atoms with Crippen LogP contribution >= 0.6 is 0 Å². The average Bonchev–Trinajstić information content (AvgIpc) is 3.44. The summed E-state index contributed by atoms with van der Waals surface area (Å²) in [6.45, 7) is 22.1. The Labute approximate surface area is 200 Å². The molecular weight excluding hydrogens is 410 g/mol. The van der Waals surface area contributed by atoms with E-state index in [0.717, 1.165) is 79.9 Å². The van der Waals surface area contributed by atoms with Gasteiger partial charge >= 0.3 is 0 Å². The highest BCUT2D eigenvalue weighted by Gasteiger charge is 2.33. The van der Waals surface area contributed by atoms with Crippen molar-refractivity contribution in [1.82, 2.24) is 15.5 Å². The fourth-order valence-electron chi connectivity index (χ4n) is 4.59. The number of carbonyl (C=O) groups is 1. The molecule has 2 aliphatic heterocycles. The SMILES string of the molecule is C=C(CC(C)(CCN1Cc2ccc(CC)cc2C1=O)C(=C)NC(=C)CC)NCC1CCCO1. The van der Waals surface area contributed by atoms with E-state index in [1.807, 2.05) is 4.90 Å². The number of benzene rings is 1. The van der Waals surface area contributed by atoms with Gasteiger partial charge in [0.05, 0.1) is 6.10 Å². The molecule has 180 valence electrons. The molecule has 0 bridgehead atoms. The largest absolute Gasteiger partial charge is 0.386 e. The highest BCUT2D eigenvalue weighted by molar-refractivity contribution is 5.98. The maximum atomic E-state index is 13.1. The fraction of sp³-hybridized carbons (Fsp3) is 0.536.